The number of allylic oxidation sites excluding steroid dienone is 2. The molecule has 3 nitrogen and oxygen atoms in total. The number of carbonyl (C=O) groups excluding carboxylic acids is 1. The van der Waals surface area contributed by atoms with Gasteiger partial charge in [-0.15, -0.1) is 0 Å². The average Bonchev–Trinajstić information content (AvgIpc) is 2.67. The standard InChI is InChI=1S/C12H15NO2/c1-12(2)7-15-11-9-6-4-3-5-8(9)10(14)13(11)12/h3-6,8-9,11H,7H2,1-2H3/t8-,9+,11+/m1/s1. The van der Waals surface area contributed by atoms with Crippen molar-refractivity contribution in [3.63, 3.8) is 0 Å². The zero-order valence-corrected chi connectivity index (χ0v) is 9.01. The normalized spacial score (nSPS) is 40.8. The van der Waals surface area contributed by atoms with Crippen LogP contribution in [0.1, 0.15) is 13.8 Å². The van der Waals surface area contributed by atoms with Gasteiger partial charge in [-0.25, -0.2) is 0 Å². The van der Waals surface area contributed by atoms with Crippen LogP contribution in [0.15, 0.2) is 24.3 Å². The first-order valence-electron chi connectivity index (χ1n) is 5.41. The summed E-state index contributed by atoms with van der Waals surface area (Å²) < 4.78 is 5.75. The van der Waals surface area contributed by atoms with Gasteiger partial charge in [-0.05, 0) is 13.8 Å². The van der Waals surface area contributed by atoms with E-state index in [9.17, 15) is 4.79 Å². The van der Waals surface area contributed by atoms with Gasteiger partial charge in [0.25, 0.3) is 0 Å². The molecule has 0 aromatic rings. The zero-order chi connectivity index (χ0) is 10.6. The van der Waals surface area contributed by atoms with Crippen LogP contribution in [0.5, 0.6) is 0 Å². The van der Waals surface area contributed by atoms with E-state index in [4.69, 9.17) is 4.74 Å². The van der Waals surface area contributed by atoms with Crippen molar-refractivity contribution >= 4 is 5.91 Å². The molecular weight excluding hydrogens is 190 g/mol. The van der Waals surface area contributed by atoms with Crippen LogP contribution in [0.2, 0.25) is 0 Å². The lowest BCUT2D eigenvalue weighted by Crippen LogP contribution is -2.44. The smallest absolute Gasteiger partial charge is 0.232 e. The van der Waals surface area contributed by atoms with E-state index in [1.807, 2.05) is 23.1 Å². The fraction of sp³-hybridized carbons (Fsp3) is 0.583. The molecule has 1 amide bonds. The molecule has 0 aromatic carbocycles. The summed E-state index contributed by atoms with van der Waals surface area (Å²) in [6, 6.07) is 0. The summed E-state index contributed by atoms with van der Waals surface area (Å²) in [7, 11) is 0. The highest BCUT2D eigenvalue weighted by molar-refractivity contribution is 5.85. The molecule has 0 spiro atoms. The summed E-state index contributed by atoms with van der Waals surface area (Å²) in [5.74, 6) is 0.428. The summed E-state index contributed by atoms with van der Waals surface area (Å²) in [5.41, 5.74) is -0.152. The van der Waals surface area contributed by atoms with E-state index in [2.05, 4.69) is 19.9 Å². The fourth-order valence-corrected chi connectivity index (χ4v) is 2.79. The van der Waals surface area contributed by atoms with Crippen molar-refractivity contribution in [2.24, 2.45) is 11.8 Å². The molecule has 0 aromatic heterocycles. The number of hydrogen-bond donors (Lipinski definition) is 0. The Balaban J connectivity index is 2.02. The average molecular weight is 205 g/mol. The number of amides is 1. The fourth-order valence-electron chi connectivity index (χ4n) is 2.79. The van der Waals surface area contributed by atoms with Crippen molar-refractivity contribution in [3.8, 4) is 0 Å². The minimum Gasteiger partial charge on any atom is -0.355 e. The van der Waals surface area contributed by atoms with E-state index in [1.165, 1.54) is 0 Å². The molecule has 2 heterocycles. The summed E-state index contributed by atoms with van der Waals surface area (Å²) in [6.07, 6.45) is 8.00. The van der Waals surface area contributed by atoms with Gasteiger partial charge >= 0.3 is 0 Å². The van der Waals surface area contributed by atoms with Gasteiger partial charge in [-0.2, -0.15) is 0 Å². The molecule has 3 rings (SSSR count). The van der Waals surface area contributed by atoms with Crippen molar-refractivity contribution < 1.29 is 9.53 Å². The molecule has 0 radical (unpaired) electrons. The lowest BCUT2D eigenvalue weighted by Gasteiger charge is -2.28. The van der Waals surface area contributed by atoms with E-state index in [-0.39, 0.29) is 29.5 Å². The molecule has 0 bridgehead atoms. The third kappa shape index (κ3) is 1.07. The Morgan fingerprint density at radius 2 is 2.13 bits per heavy atom. The molecule has 0 N–H and O–H groups in total. The maximum absolute atomic E-state index is 12.2. The minimum absolute atomic E-state index is 0.000394. The van der Waals surface area contributed by atoms with Crippen molar-refractivity contribution in [2.45, 2.75) is 25.6 Å². The molecule has 3 heteroatoms. The molecule has 80 valence electrons. The lowest BCUT2D eigenvalue weighted by molar-refractivity contribution is -0.134. The monoisotopic (exact) mass is 205 g/mol. The maximum Gasteiger partial charge on any atom is 0.232 e. The summed E-state index contributed by atoms with van der Waals surface area (Å²) >= 11 is 0. The Bertz CT molecular complexity index is 370. The van der Waals surface area contributed by atoms with Crippen molar-refractivity contribution in [1.82, 2.24) is 4.90 Å². The Kier molecular flexibility index (Phi) is 1.67. The molecule has 1 aliphatic carbocycles. The molecule has 15 heavy (non-hydrogen) atoms. The van der Waals surface area contributed by atoms with Crippen LogP contribution in [0.25, 0.3) is 0 Å². The maximum atomic E-state index is 12.2. The Labute approximate surface area is 89.4 Å². The molecule has 3 aliphatic rings. The summed E-state index contributed by atoms with van der Waals surface area (Å²) in [4.78, 5) is 14.1. The minimum atomic E-state index is -0.152. The number of nitrogens with zero attached hydrogens (tertiary/aromatic N) is 1. The quantitative estimate of drug-likeness (QED) is 0.597. The highest BCUT2D eigenvalue weighted by atomic mass is 16.5. The van der Waals surface area contributed by atoms with E-state index in [0.29, 0.717) is 6.61 Å². The van der Waals surface area contributed by atoms with Gasteiger partial charge in [-0.3, -0.25) is 4.79 Å². The van der Waals surface area contributed by atoms with Crippen LogP contribution in [0.4, 0.5) is 0 Å². The summed E-state index contributed by atoms with van der Waals surface area (Å²) in [6.45, 7) is 4.77. The van der Waals surface area contributed by atoms with Gasteiger partial charge in [0.15, 0.2) is 0 Å². The van der Waals surface area contributed by atoms with Crippen molar-refractivity contribution in [2.75, 3.05) is 6.61 Å². The van der Waals surface area contributed by atoms with Gasteiger partial charge < -0.3 is 9.64 Å². The number of rotatable bonds is 0. The topological polar surface area (TPSA) is 29.5 Å². The molecule has 2 fully saturated rings. The Hall–Kier alpha value is -1.09. The molecule has 0 saturated carbocycles. The first-order chi connectivity index (χ1) is 7.11. The number of ether oxygens (including phenoxy) is 1. The van der Waals surface area contributed by atoms with E-state index in [0.717, 1.165) is 0 Å². The van der Waals surface area contributed by atoms with Gasteiger partial charge in [0.2, 0.25) is 5.91 Å². The second-order valence-corrected chi connectivity index (χ2v) is 5.10. The highest BCUT2D eigenvalue weighted by Gasteiger charge is 2.55. The van der Waals surface area contributed by atoms with E-state index < -0.39 is 0 Å². The first-order valence-corrected chi connectivity index (χ1v) is 5.41. The molecule has 0 unspecified atom stereocenters. The third-order valence-corrected chi connectivity index (χ3v) is 3.54. The van der Waals surface area contributed by atoms with Crippen LogP contribution in [0, 0.1) is 11.8 Å². The predicted octanol–water partition coefficient (Wildman–Crippen LogP) is 1.32. The molecule has 3 atom stereocenters. The highest BCUT2D eigenvalue weighted by Crippen LogP contribution is 2.43. The number of hydrogen-bond acceptors (Lipinski definition) is 2. The molecule has 2 saturated heterocycles. The van der Waals surface area contributed by atoms with Crippen LogP contribution in [-0.2, 0) is 9.53 Å². The second-order valence-electron chi connectivity index (χ2n) is 5.10. The SMILES string of the molecule is CC1(C)CO[C@H]2[C@H]3C=CC=C[C@H]3C(=O)N21. The van der Waals surface area contributed by atoms with Crippen molar-refractivity contribution in [3.05, 3.63) is 24.3 Å². The number of carbonyl (C=O) groups is 1. The van der Waals surface area contributed by atoms with Crippen LogP contribution < -0.4 is 0 Å². The molecular formula is C12H15NO2. The van der Waals surface area contributed by atoms with Crippen LogP contribution in [-0.4, -0.2) is 29.2 Å². The van der Waals surface area contributed by atoms with Gasteiger partial charge in [-0.1, -0.05) is 24.3 Å². The first kappa shape index (κ1) is 9.16. The predicted molar refractivity (Wildman–Crippen MR) is 55.9 cm³/mol. The Morgan fingerprint density at radius 3 is 2.93 bits per heavy atom. The van der Waals surface area contributed by atoms with Crippen molar-refractivity contribution in [1.29, 1.82) is 0 Å². The van der Waals surface area contributed by atoms with Crippen LogP contribution >= 0.6 is 0 Å². The lowest BCUT2D eigenvalue weighted by atomic mass is 9.90. The molecule has 2 aliphatic heterocycles. The summed E-state index contributed by atoms with van der Waals surface area (Å²) in [5, 5.41) is 0. The van der Waals surface area contributed by atoms with Gasteiger partial charge in [0.05, 0.1) is 18.1 Å². The van der Waals surface area contributed by atoms with Crippen LogP contribution in [0.3, 0.4) is 0 Å². The van der Waals surface area contributed by atoms with E-state index in [1.54, 1.807) is 0 Å². The zero-order valence-electron chi connectivity index (χ0n) is 9.01. The Morgan fingerprint density at radius 1 is 1.40 bits per heavy atom. The van der Waals surface area contributed by atoms with E-state index >= 15 is 0 Å². The second kappa shape index (κ2) is 2.73. The number of fused-ring (bicyclic) bond motifs is 3. The largest absolute Gasteiger partial charge is 0.355 e. The third-order valence-electron chi connectivity index (χ3n) is 3.54. The van der Waals surface area contributed by atoms with Gasteiger partial charge in [0.1, 0.15) is 6.23 Å². The van der Waals surface area contributed by atoms with Gasteiger partial charge in [0, 0.05) is 5.92 Å².